The molecule has 0 saturated carbocycles. The van der Waals surface area contributed by atoms with Gasteiger partial charge in [-0.05, 0) is 60.9 Å². The maximum atomic E-state index is 13.9. The normalized spacial score (nSPS) is 13.1. The predicted molar refractivity (Wildman–Crippen MR) is 160 cm³/mol. The summed E-state index contributed by atoms with van der Waals surface area (Å²) in [5, 5.41) is 4.03. The first-order chi connectivity index (χ1) is 18.9. The first kappa shape index (κ1) is 31.9. The molecule has 3 aromatic carbocycles. The van der Waals surface area contributed by atoms with Crippen molar-refractivity contribution in [3.8, 4) is 0 Å². The Balaban J connectivity index is 2.00. The van der Waals surface area contributed by atoms with Crippen LogP contribution in [0.2, 0.25) is 15.1 Å². The Kier molecular flexibility index (Phi) is 11.4. The van der Waals surface area contributed by atoms with Gasteiger partial charge in [-0.3, -0.25) is 9.59 Å². The monoisotopic (exact) mass is 623 g/mol. The van der Waals surface area contributed by atoms with Gasteiger partial charge in [0.2, 0.25) is 21.8 Å². The number of carbonyl (C=O) groups excluding carboxylic acids is 2. The summed E-state index contributed by atoms with van der Waals surface area (Å²) in [5.41, 5.74) is 1.49. The highest BCUT2D eigenvalue weighted by Crippen LogP contribution is 2.25. The van der Waals surface area contributed by atoms with Gasteiger partial charge < -0.3 is 10.2 Å². The van der Waals surface area contributed by atoms with Gasteiger partial charge in [0.1, 0.15) is 6.04 Å². The molecule has 214 valence electrons. The molecule has 3 aromatic rings. The smallest absolute Gasteiger partial charge is 0.243 e. The van der Waals surface area contributed by atoms with E-state index in [1.54, 1.807) is 18.2 Å². The van der Waals surface area contributed by atoms with E-state index in [4.69, 9.17) is 34.8 Å². The maximum absolute atomic E-state index is 13.9. The molecule has 2 amide bonds. The molecular formula is C29H32Cl3N3O4S. The minimum absolute atomic E-state index is 0.00131. The van der Waals surface area contributed by atoms with Gasteiger partial charge in [0, 0.05) is 31.1 Å². The molecule has 0 radical (unpaired) electrons. The summed E-state index contributed by atoms with van der Waals surface area (Å²) in [7, 11) is -2.69. The fraction of sp³-hybridized carbons (Fsp3) is 0.310. The maximum Gasteiger partial charge on any atom is 0.243 e. The summed E-state index contributed by atoms with van der Waals surface area (Å²) in [6, 6.07) is 18.9. The van der Waals surface area contributed by atoms with Gasteiger partial charge in [0.25, 0.3) is 0 Å². The molecule has 0 bridgehead atoms. The third-order valence-corrected chi connectivity index (χ3v) is 9.30. The Morgan fingerprint density at radius 1 is 0.900 bits per heavy atom. The highest BCUT2D eigenvalue weighted by atomic mass is 35.5. The Hall–Kier alpha value is -2.62. The van der Waals surface area contributed by atoms with Gasteiger partial charge in [0.15, 0.2) is 0 Å². The summed E-state index contributed by atoms with van der Waals surface area (Å²) in [4.78, 5) is 28.9. The zero-order valence-electron chi connectivity index (χ0n) is 22.5. The van der Waals surface area contributed by atoms with Crippen LogP contribution in [-0.4, -0.2) is 55.1 Å². The molecule has 1 N–H and O–H groups in total. The fourth-order valence-corrected chi connectivity index (χ4v) is 5.55. The summed E-state index contributed by atoms with van der Waals surface area (Å²) >= 11 is 18.3. The van der Waals surface area contributed by atoms with E-state index in [1.165, 1.54) is 36.2 Å². The van der Waals surface area contributed by atoms with Crippen LogP contribution >= 0.6 is 34.8 Å². The molecule has 0 aliphatic heterocycles. The Morgan fingerprint density at radius 3 is 2.15 bits per heavy atom. The SMILES string of the molecule is CC[C@@H](C)NC(=O)[C@H](Cc1ccccc1)N(Cc1ccc(Cl)c(Cl)c1)C(=O)CN(C)S(=O)(=O)c1ccc(Cl)cc1. The van der Waals surface area contributed by atoms with Crippen LogP contribution < -0.4 is 5.32 Å². The number of sulfonamides is 1. The molecule has 11 heteroatoms. The van der Waals surface area contributed by atoms with E-state index < -0.39 is 28.5 Å². The van der Waals surface area contributed by atoms with E-state index >= 15 is 0 Å². The number of nitrogens with zero attached hydrogens (tertiary/aromatic N) is 2. The molecule has 0 spiro atoms. The lowest BCUT2D eigenvalue weighted by atomic mass is 10.0. The summed E-state index contributed by atoms with van der Waals surface area (Å²) in [5.74, 6) is -0.888. The first-order valence-corrected chi connectivity index (χ1v) is 15.3. The summed E-state index contributed by atoms with van der Waals surface area (Å²) in [6.07, 6.45) is 0.927. The fourth-order valence-electron chi connectivity index (χ4n) is 3.98. The molecule has 0 aliphatic carbocycles. The molecule has 0 saturated heterocycles. The second-order valence-corrected chi connectivity index (χ2v) is 12.8. The third kappa shape index (κ3) is 8.44. The third-order valence-electron chi connectivity index (χ3n) is 6.49. The van der Waals surface area contributed by atoms with Gasteiger partial charge >= 0.3 is 0 Å². The van der Waals surface area contributed by atoms with Crippen molar-refractivity contribution in [1.82, 2.24) is 14.5 Å². The molecular weight excluding hydrogens is 593 g/mol. The first-order valence-electron chi connectivity index (χ1n) is 12.7. The Bertz CT molecular complexity index is 1420. The molecule has 0 fully saturated rings. The van der Waals surface area contributed by atoms with Crippen molar-refractivity contribution >= 4 is 56.6 Å². The van der Waals surface area contributed by atoms with E-state index in [-0.39, 0.29) is 29.8 Å². The highest BCUT2D eigenvalue weighted by molar-refractivity contribution is 7.89. The number of carbonyl (C=O) groups is 2. The second-order valence-electron chi connectivity index (χ2n) is 9.51. The van der Waals surface area contributed by atoms with Gasteiger partial charge in [-0.25, -0.2) is 8.42 Å². The molecule has 3 rings (SSSR count). The number of halogens is 3. The van der Waals surface area contributed by atoms with Crippen molar-refractivity contribution in [2.75, 3.05) is 13.6 Å². The van der Waals surface area contributed by atoms with Crippen LogP contribution in [0.5, 0.6) is 0 Å². The zero-order valence-corrected chi connectivity index (χ0v) is 25.6. The van der Waals surface area contributed by atoms with Crippen LogP contribution in [0.1, 0.15) is 31.4 Å². The van der Waals surface area contributed by atoms with E-state index in [0.717, 1.165) is 9.87 Å². The molecule has 0 unspecified atom stereocenters. The van der Waals surface area contributed by atoms with Crippen LogP contribution in [0.15, 0.2) is 77.7 Å². The van der Waals surface area contributed by atoms with E-state index in [1.807, 2.05) is 44.2 Å². The lowest BCUT2D eigenvalue weighted by molar-refractivity contribution is -0.141. The molecule has 2 atom stereocenters. The minimum Gasteiger partial charge on any atom is -0.352 e. The summed E-state index contributed by atoms with van der Waals surface area (Å²) in [6.45, 7) is 3.35. The number of amides is 2. The molecule has 0 heterocycles. The highest BCUT2D eigenvalue weighted by Gasteiger charge is 2.33. The average Bonchev–Trinajstić information content (AvgIpc) is 2.93. The van der Waals surface area contributed by atoms with Crippen LogP contribution in [0.4, 0.5) is 0 Å². The number of hydrogen-bond acceptors (Lipinski definition) is 4. The van der Waals surface area contributed by atoms with Crippen molar-refractivity contribution in [2.45, 2.75) is 50.2 Å². The standard InChI is InChI=1S/C29H32Cl3N3O4S/c1-4-20(2)33-29(37)27(17-21-8-6-5-7-9-21)35(18-22-10-15-25(31)26(32)16-22)28(36)19-34(3)40(38,39)24-13-11-23(30)12-14-24/h5-16,20,27H,4,17-19H2,1-3H3,(H,33,37)/t20-,27+/m1/s1. The van der Waals surface area contributed by atoms with Gasteiger partial charge in [-0.2, -0.15) is 4.31 Å². The van der Waals surface area contributed by atoms with Gasteiger partial charge in [-0.15, -0.1) is 0 Å². The average molecular weight is 625 g/mol. The summed E-state index contributed by atoms with van der Waals surface area (Å²) < 4.78 is 27.4. The quantitative estimate of drug-likeness (QED) is 0.275. The number of nitrogens with one attached hydrogen (secondary N) is 1. The lowest BCUT2D eigenvalue weighted by Gasteiger charge is -2.33. The van der Waals surface area contributed by atoms with Crippen molar-refractivity contribution in [1.29, 1.82) is 0 Å². The van der Waals surface area contributed by atoms with Crippen LogP contribution in [0.25, 0.3) is 0 Å². The lowest BCUT2D eigenvalue weighted by Crippen LogP contribution is -2.54. The van der Waals surface area contributed by atoms with E-state index in [9.17, 15) is 18.0 Å². The van der Waals surface area contributed by atoms with Crippen LogP contribution in [0.3, 0.4) is 0 Å². The molecule has 7 nitrogen and oxygen atoms in total. The van der Waals surface area contributed by atoms with E-state index in [0.29, 0.717) is 27.1 Å². The Labute approximate surface area is 251 Å². The predicted octanol–water partition coefficient (Wildman–Crippen LogP) is 5.82. The number of likely N-dealkylation sites (N-methyl/N-ethyl adjacent to an activating group) is 1. The zero-order chi connectivity index (χ0) is 29.4. The van der Waals surface area contributed by atoms with E-state index in [2.05, 4.69) is 5.32 Å². The van der Waals surface area contributed by atoms with Crippen molar-refractivity contribution < 1.29 is 18.0 Å². The van der Waals surface area contributed by atoms with Crippen molar-refractivity contribution in [3.05, 3.63) is 99.0 Å². The number of benzene rings is 3. The second kappa shape index (κ2) is 14.3. The Morgan fingerprint density at radius 2 is 1.55 bits per heavy atom. The number of rotatable bonds is 12. The topological polar surface area (TPSA) is 86.8 Å². The van der Waals surface area contributed by atoms with Gasteiger partial charge in [0.05, 0.1) is 21.5 Å². The van der Waals surface area contributed by atoms with Crippen molar-refractivity contribution in [2.24, 2.45) is 0 Å². The van der Waals surface area contributed by atoms with Crippen molar-refractivity contribution in [3.63, 3.8) is 0 Å². The minimum atomic E-state index is -4.01. The molecule has 0 aliphatic rings. The molecule has 40 heavy (non-hydrogen) atoms. The molecule has 0 aromatic heterocycles. The number of hydrogen-bond donors (Lipinski definition) is 1. The van der Waals surface area contributed by atoms with Gasteiger partial charge in [-0.1, -0.05) is 78.1 Å². The van der Waals surface area contributed by atoms with Crippen LogP contribution in [0, 0.1) is 0 Å². The largest absolute Gasteiger partial charge is 0.352 e. The van der Waals surface area contributed by atoms with Crippen LogP contribution in [-0.2, 0) is 32.6 Å².